The Morgan fingerprint density at radius 3 is 3.24 bits per heavy atom. The molecule has 2 amide bonds. The fraction of sp³-hybridized carbons (Fsp3) is 0.357. The quantitative estimate of drug-likeness (QED) is 0.905. The van der Waals surface area contributed by atoms with E-state index in [-0.39, 0.29) is 5.69 Å². The number of nitrogens with zero attached hydrogens (tertiary/aromatic N) is 3. The van der Waals surface area contributed by atoms with Crippen molar-refractivity contribution in [2.45, 2.75) is 19.4 Å². The smallest absolute Gasteiger partial charge is 0.319 e. The average Bonchev–Trinajstić information content (AvgIpc) is 2.95. The summed E-state index contributed by atoms with van der Waals surface area (Å²) in [4.78, 5) is 19.7. The van der Waals surface area contributed by atoms with Gasteiger partial charge in [0.1, 0.15) is 5.82 Å². The van der Waals surface area contributed by atoms with Crippen molar-refractivity contribution in [3.63, 3.8) is 0 Å². The Balaban J connectivity index is 1.50. The predicted molar refractivity (Wildman–Crippen MR) is 75.3 cm³/mol. The number of hydrogen-bond donors (Lipinski definition) is 2. The summed E-state index contributed by atoms with van der Waals surface area (Å²) < 4.78 is 15.5. The summed E-state index contributed by atoms with van der Waals surface area (Å²) in [7, 11) is 0. The number of carbonyl (C=O) groups is 1. The number of aromatic nitrogens is 3. The molecule has 2 N–H and O–H groups in total. The number of aryl methyl sites for hydroxylation is 1. The summed E-state index contributed by atoms with van der Waals surface area (Å²) in [6, 6.07) is 1.01. The molecule has 0 aliphatic carbocycles. The lowest BCUT2D eigenvalue weighted by Gasteiger charge is -2.23. The van der Waals surface area contributed by atoms with E-state index in [4.69, 9.17) is 0 Å². The van der Waals surface area contributed by atoms with Crippen molar-refractivity contribution < 1.29 is 9.18 Å². The van der Waals surface area contributed by atoms with Crippen LogP contribution >= 0.6 is 0 Å². The van der Waals surface area contributed by atoms with Crippen molar-refractivity contribution in [1.29, 1.82) is 0 Å². The fourth-order valence-corrected chi connectivity index (χ4v) is 2.47. The van der Waals surface area contributed by atoms with Gasteiger partial charge < -0.3 is 15.2 Å². The molecule has 7 heteroatoms. The van der Waals surface area contributed by atoms with Crippen LogP contribution in [-0.2, 0) is 13.0 Å². The molecule has 0 saturated carbocycles. The van der Waals surface area contributed by atoms with Crippen molar-refractivity contribution in [2.24, 2.45) is 5.92 Å². The normalized spacial score (nSPS) is 17.1. The van der Waals surface area contributed by atoms with Gasteiger partial charge in [0.25, 0.3) is 0 Å². The summed E-state index contributed by atoms with van der Waals surface area (Å²) in [5.41, 5.74) is 0.127. The highest BCUT2D eigenvalue weighted by molar-refractivity contribution is 5.89. The van der Waals surface area contributed by atoms with Crippen molar-refractivity contribution in [3.05, 3.63) is 42.5 Å². The van der Waals surface area contributed by atoms with E-state index in [0.717, 1.165) is 31.4 Å². The van der Waals surface area contributed by atoms with E-state index in [1.54, 1.807) is 6.20 Å². The molecule has 2 aromatic rings. The first-order valence-electron chi connectivity index (χ1n) is 6.87. The zero-order valence-corrected chi connectivity index (χ0v) is 11.4. The van der Waals surface area contributed by atoms with Gasteiger partial charge in [0, 0.05) is 38.1 Å². The van der Waals surface area contributed by atoms with Crippen molar-refractivity contribution in [1.82, 2.24) is 19.9 Å². The Hall–Kier alpha value is -2.44. The molecule has 0 saturated heterocycles. The van der Waals surface area contributed by atoms with Gasteiger partial charge in [-0.15, -0.1) is 0 Å². The number of nitrogens with one attached hydrogen (secondary N) is 2. The van der Waals surface area contributed by atoms with Gasteiger partial charge in [0.05, 0.1) is 11.9 Å². The van der Waals surface area contributed by atoms with Crippen LogP contribution < -0.4 is 10.6 Å². The molecular formula is C14H16FN5O. The van der Waals surface area contributed by atoms with E-state index < -0.39 is 11.8 Å². The number of fused-ring (bicyclic) bond motifs is 1. The Morgan fingerprint density at radius 1 is 1.48 bits per heavy atom. The Bertz CT molecular complexity index is 642. The third-order valence-electron chi connectivity index (χ3n) is 3.62. The van der Waals surface area contributed by atoms with Crippen LogP contribution in [0.15, 0.2) is 30.9 Å². The molecular weight excluding hydrogens is 273 g/mol. The molecule has 0 aromatic carbocycles. The molecule has 110 valence electrons. The second-order valence-corrected chi connectivity index (χ2v) is 5.09. The third-order valence-corrected chi connectivity index (χ3v) is 3.62. The standard InChI is InChI=1S/C14H16FN5O/c15-11-9-16-3-1-12(11)19-14(21)18-8-10-2-5-20-6-4-17-13(20)7-10/h1,3-4,6,9-10H,2,5,7-8H2,(H2,16,18,19,21). The minimum Gasteiger partial charge on any atom is -0.338 e. The zero-order chi connectivity index (χ0) is 14.7. The Kier molecular flexibility index (Phi) is 3.81. The number of amides is 2. The van der Waals surface area contributed by atoms with Gasteiger partial charge >= 0.3 is 6.03 Å². The Morgan fingerprint density at radius 2 is 2.38 bits per heavy atom. The van der Waals surface area contributed by atoms with Crippen LogP contribution in [0.1, 0.15) is 12.2 Å². The van der Waals surface area contributed by atoms with E-state index in [2.05, 4.69) is 25.2 Å². The number of anilines is 1. The molecule has 0 bridgehead atoms. The minimum atomic E-state index is -0.549. The van der Waals surface area contributed by atoms with E-state index in [1.165, 1.54) is 12.3 Å². The zero-order valence-electron chi connectivity index (χ0n) is 11.4. The fourth-order valence-electron chi connectivity index (χ4n) is 2.47. The van der Waals surface area contributed by atoms with E-state index >= 15 is 0 Å². The second-order valence-electron chi connectivity index (χ2n) is 5.09. The van der Waals surface area contributed by atoms with E-state index in [0.29, 0.717) is 12.5 Å². The van der Waals surface area contributed by atoms with E-state index in [1.807, 2.05) is 6.20 Å². The summed E-state index contributed by atoms with van der Waals surface area (Å²) in [6.07, 6.45) is 8.10. The molecule has 3 rings (SSSR count). The van der Waals surface area contributed by atoms with Gasteiger partial charge in [-0.05, 0) is 18.4 Å². The molecule has 0 radical (unpaired) electrons. The summed E-state index contributed by atoms with van der Waals surface area (Å²) in [5.74, 6) is 0.855. The SMILES string of the molecule is O=C(NCC1CCn2ccnc2C1)Nc1ccncc1F. The van der Waals surface area contributed by atoms with Crippen molar-refractivity contribution >= 4 is 11.7 Å². The first-order chi connectivity index (χ1) is 10.2. The minimum absolute atomic E-state index is 0.127. The first kappa shape index (κ1) is 13.5. The lowest BCUT2D eigenvalue weighted by Crippen LogP contribution is -2.35. The topological polar surface area (TPSA) is 71.8 Å². The largest absolute Gasteiger partial charge is 0.338 e. The average molecular weight is 289 g/mol. The molecule has 1 unspecified atom stereocenters. The molecule has 2 aromatic heterocycles. The van der Waals surface area contributed by atoms with Crippen LogP contribution in [0.3, 0.4) is 0 Å². The summed E-state index contributed by atoms with van der Waals surface area (Å²) >= 11 is 0. The lowest BCUT2D eigenvalue weighted by atomic mass is 9.98. The van der Waals surface area contributed by atoms with Crippen LogP contribution in [0.2, 0.25) is 0 Å². The molecule has 21 heavy (non-hydrogen) atoms. The molecule has 1 aliphatic heterocycles. The monoisotopic (exact) mass is 289 g/mol. The maximum atomic E-state index is 13.4. The number of hydrogen-bond acceptors (Lipinski definition) is 3. The van der Waals surface area contributed by atoms with Crippen molar-refractivity contribution in [3.8, 4) is 0 Å². The van der Waals surface area contributed by atoms with Gasteiger partial charge in [0.15, 0.2) is 5.82 Å². The number of carbonyl (C=O) groups excluding carboxylic acids is 1. The summed E-state index contributed by atoms with van der Waals surface area (Å²) in [5, 5.41) is 5.25. The molecule has 1 atom stereocenters. The van der Waals surface area contributed by atoms with Crippen molar-refractivity contribution in [2.75, 3.05) is 11.9 Å². The summed E-state index contributed by atoms with van der Waals surface area (Å²) in [6.45, 7) is 1.47. The maximum absolute atomic E-state index is 13.4. The molecule has 1 aliphatic rings. The lowest BCUT2D eigenvalue weighted by molar-refractivity contribution is 0.248. The first-order valence-corrected chi connectivity index (χ1v) is 6.87. The predicted octanol–water partition coefficient (Wildman–Crippen LogP) is 1.80. The second kappa shape index (κ2) is 5.90. The number of halogens is 1. The van der Waals surface area contributed by atoms with E-state index in [9.17, 15) is 9.18 Å². The molecule has 3 heterocycles. The third kappa shape index (κ3) is 3.18. The number of pyridine rings is 1. The van der Waals surface area contributed by atoms with Gasteiger partial charge in [-0.1, -0.05) is 0 Å². The van der Waals surface area contributed by atoms with Gasteiger partial charge in [-0.2, -0.15) is 0 Å². The van der Waals surface area contributed by atoms with Crippen LogP contribution in [0.25, 0.3) is 0 Å². The number of urea groups is 1. The van der Waals surface area contributed by atoms with Gasteiger partial charge in [0.2, 0.25) is 0 Å². The van der Waals surface area contributed by atoms with Gasteiger partial charge in [-0.3, -0.25) is 4.98 Å². The Labute approximate surface area is 121 Å². The highest BCUT2D eigenvalue weighted by Crippen LogP contribution is 2.18. The van der Waals surface area contributed by atoms with Crippen LogP contribution in [0.4, 0.5) is 14.9 Å². The van der Waals surface area contributed by atoms with Gasteiger partial charge in [-0.25, -0.2) is 14.2 Å². The molecule has 6 nitrogen and oxygen atoms in total. The molecule has 0 fully saturated rings. The van der Waals surface area contributed by atoms with Crippen LogP contribution in [-0.4, -0.2) is 27.1 Å². The highest BCUT2D eigenvalue weighted by atomic mass is 19.1. The highest BCUT2D eigenvalue weighted by Gasteiger charge is 2.19. The van der Waals surface area contributed by atoms with Crippen LogP contribution in [0.5, 0.6) is 0 Å². The number of rotatable bonds is 3. The molecule has 0 spiro atoms. The van der Waals surface area contributed by atoms with Crippen LogP contribution in [0, 0.1) is 11.7 Å². The maximum Gasteiger partial charge on any atom is 0.319 e. The number of imidazole rings is 1.